The lowest BCUT2D eigenvalue weighted by atomic mass is 9.96. The first kappa shape index (κ1) is 26.4. The number of piperazine rings is 1. The van der Waals surface area contributed by atoms with Gasteiger partial charge in [-0.3, -0.25) is 9.59 Å². The largest absolute Gasteiger partial charge is 0.497 e. The van der Waals surface area contributed by atoms with Crippen LogP contribution >= 0.6 is 0 Å². The molecule has 10 heteroatoms. The van der Waals surface area contributed by atoms with Crippen LogP contribution in [0.4, 0.5) is 9.18 Å². The zero-order valence-electron chi connectivity index (χ0n) is 21.7. The molecule has 2 fully saturated rings. The van der Waals surface area contributed by atoms with Gasteiger partial charge in [-0.05, 0) is 47.7 Å². The van der Waals surface area contributed by atoms with E-state index in [-0.39, 0.29) is 42.7 Å². The van der Waals surface area contributed by atoms with E-state index in [1.807, 2.05) is 38.1 Å². The number of carbonyl (C=O) groups is 3. The molecule has 2 aliphatic heterocycles. The van der Waals surface area contributed by atoms with Crippen LogP contribution in [0.15, 0.2) is 48.5 Å². The highest BCUT2D eigenvalue weighted by atomic mass is 19.1. The molecule has 2 atom stereocenters. The Bertz CT molecular complexity index is 1120. The summed E-state index contributed by atoms with van der Waals surface area (Å²) in [4.78, 5) is 43.3. The van der Waals surface area contributed by atoms with Gasteiger partial charge in [0.2, 0.25) is 11.8 Å². The number of halogens is 1. The minimum Gasteiger partial charge on any atom is -0.497 e. The molecule has 0 aliphatic carbocycles. The summed E-state index contributed by atoms with van der Waals surface area (Å²) in [7, 11) is 3.30. The number of ether oxygens (including phenoxy) is 1. The Balaban J connectivity index is 1.53. The first-order chi connectivity index (χ1) is 17.7. The number of amides is 4. The van der Waals surface area contributed by atoms with Crippen molar-refractivity contribution in [2.45, 2.75) is 39.0 Å². The molecule has 4 amide bonds. The molecule has 0 radical (unpaired) electrons. The lowest BCUT2D eigenvalue weighted by Gasteiger charge is -2.55. The van der Waals surface area contributed by atoms with Crippen molar-refractivity contribution in [2.24, 2.45) is 5.92 Å². The second kappa shape index (κ2) is 11.2. The van der Waals surface area contributed by atoms with Gasteiger partial charge < -0.3 is 19.9 Å². The summed E-state index contributed by atoms with van der Waals surface area (Å²) in [5.41, 5.74) is 1.81. The Kier molecular flexibility index (Phi) is 7.97. The van der Waals surface area contributed by atoms with Crippen LogP contribution in [0.1, 0.15) is 25.0 Å². The second-order valence-corrected chi connectivity index (χ2v) is 9.80. The minimum atomic E-state index is -0.676. The Labute approximate surface area is 216 Å². The summed E-state index contributed by atoms with van der Waals surface area (Å²) >= 11 is 0. The normalized spacial score (nSPS) is 20.3. The lowest BCUT2D eigenvalue weighted by molar-refractivity contribution is -0.189. The molecule has 0 unspecified atom stereocenters. The van der Waals surface area contributed by atoms with Crippen LogP contribution in [-0.4, -0.2) is 83.7 Å². The van der Waals surface area contributed by atoms with Crippen LogP contribution in [0.3, 0.4) is 0 Å². The van der Waals surface area contributed by atoms with Gasteiger partial charge in [0.15, 0.2) is 0 Å². The number of fused-ring (bicyclic) bond motifs is 1. The van der Waals surface area contributed by atoms with Crippen LogP contribution in [0, 0.1) is 11.7 Å². The molecule has 37 heavy (non-hydrogen) atoms. The van der Waals surface area contributed by atoms with Crippen molar-refractivity contribution in [3.8, 4) is 5.75 Å². The third-order valence-electron chi connectivity index (χ3n) is 6.90. The predicted molar refractivity (Wildman–Crippen MR) is 136 cm³/mol. The van der Waals surface area contributed by atoms with E-state index in [1.165, 1.54) is 17.1 Å². The summed E-state index contributed by atoms with van der Waals surface area (Å²) in [6, 6.07) is 12.6. The molecule has 0 saturated carbocycles. The number of carbonyl (C=O) groups excluding carboxylic acids is 3. The predicted octanol–water partition coefficient (Wildman–Crippen LogP) is 2.47. The Hall–Kier alpha value is -3.66. The molecular weight excluding hydrogens is 477 g/mol. The van der Waals surface area contributed by atoms with Gasteiger partial charge in [-0.15, -0.1) is 0 Å². The Morgan fingerprint density at radius 2 is 1.73 bits per heavy atom. The highest BCUT2D eigenvalue weighted by Gasteiger charge is 2.51. The number of urea groups is 1. The van der Waals surface area contributed by atoms with Gasteiger partial charge in [0.25, 0.3) is 0 Å². The fourth-order valence-corrected chi connectivity index (χ4v) is 4.98. The van der Waals surface area contributed by atoms with Gasteiger partial charge in [0.05, 0.1) is 20.2 Å². The van der Waals surface area contributed by atoms with Crippen molar-refractivity contribution >= 4 is 17.8 Å². The smallest absolute Gasteiger partial charge is 0.334 e. The van der Waals surface area contributed by atoms with Gasteiger partial charge in [0, 0.05) is 20.1 Å². The Morgan fingerprint density at radius 1 is 1.08 bits per heavy atom. The number of nitrogens with one attached hydrogen (secondary N) is 1. The number of hydrogen-bond acceptors (Lipinski definition) is 5. The minimum absolute atomic E-state index is 0.00145. The topological polar surface area (TPSA) is 85.4 Å². The molecule has 4 rings (SSSR count). The summed E-state index contributed by atoms with van der Waals surface area (Å²) in [6.45, 7) is 4.70. The fourth-order valence-electron chi connectivity index (χ4n) is 4.98. The number of nitrogens with zero attached hydrogens (tertiary/aromatic N) is 4. The zero-order valence-corrected chi connectivity index (χ0v) is 21.7. The zero-order chi connectivity index (χ0) is 26.7. The van der Waals surface area contributed by atoms with Crippen LogP contribution in [0.2, 0.25) is 0 Å². The van der Waals surface area contributed by atoms with Gasteiger partial charge in [-0.2, -0.15) is 0 Å². The molecule has 0 aromatic heterocycles. The van der Waals surface area contributed by atoms with E-state index in [2.05, 4.69) is 5.32 Å². The maximum atomic E-state index is 13.5. The standard InChI is InChI=1S/C27H34FN5O4/c1-18(2)25-26(35)31(14-13-19-5-9-21(28)10-6-19)16-23-32(25)24(34)17-30(3)33(23)27(36)29-15-20-7-11-22(37-4)12-8-20/h5-12,18,23,25H,13-17H2,1-4H3,(H,29,36)/t23-,25-/m0/s1. The van der Waals surface area contributed by atoms with Gasteiger partial charge in [-0.25, -0.2) is 19.2 Å². The quantitative estimate of drug-likeness (QED) is 0.618. The lowest BCUT2D eigenvalue weighted by Crippen LogP contribution is -2.76. The van der Waals surface area contributed by atoms with Crippen molar-refractivity contribution in [3.63, 3.8) is 0 Å². The van der Waals surface area contributed by atoms with Gasteiger partial charge in [-0.1, -0.05) is 38.1 Å². The van der Waals surface area contributed by atoms with Crippen molar-refractivity contribution in [1.29, 1.82) is 0 Å². The van der Waals surface area contributed by atoms with Crippen molar-refractivity contribution in [3.05, 3.63) is 65.5 Å². The summed E-state index contributed by atoms with van der Waals surface area (Å²) in [5, 5.41) is 6.09. The van der Waals surface area contributed by atoms with Crippen molar-refractivity contribution < 1.29 is 23.5 Å². The highest BCUT2D eigenvalue weighted by Crippen LogP contribution is 2.29. The molecule has 198 valence electrons. The second-order valence-electron chi connectivity index (χ2n) is 9.80. The summed E-state index contributed by atoms with van der Waals surface area (Å²) < 4.78 is 18.5. The number of benzene rings is 2. The molecule has 9 nitrogen and oxygen atoms in total. The van der Waals surface area contributed by atoms with E-state index >= 15 is 0 Å². The first-order valence-corrected chi connectivity index (χ1v) is 12.4. The van der Waals surface area contributed by atoms with Crippen LogP contribution in [-0.2, 0) is 22.6 Å². The number of methoxy groups -OCH3 is 1. The molecule has 0 bridgehead atoms. The molecule has 1 N–H and O–H groups in total. The monoisotopic (exact) mass is 511 g/mol. The van der Waals surface area contributed by atoms with E-state index in [0.717, 1.165) is 16.9 Å². The third kappa shape index (κ3) is 5.69. The van der Waals surface area contributed by atoms with Gasteiger partial charge >= 0.3 is 6.03 Å². The SMILES string of the molecule is COc1ccc(CNC(=O)N2[C@H]3CN(CCc4ccc(F)cc4)C(=O)[C@H](C(C)C)N3C(=O)CN2C)cc1. The van der Waals surface area contributed by atoms with Crippen LogP contribution in [0.25, 0.3) is 0 Å². The van der Waals surface area contributed by atoms with Crippen molar-refractivity contribution in [2.75, 3.05) is 33.8 Å². The third-order valence-corrected chi connectivity index (χ3v) is 6.90. The van der Waals surface area contributed by atoms with E-state index in [4.69, 9.17) is 4.74 Å². The fraction of sp³-hybridized carbons (Fsp3) is 0.444. The summed E-state index contributed by atoms with van der Waals surface area (Å²) in [6.07, 6.45) is -0.0998. The Morgan fingerprint density at radius 3 is 2.35 bits per heavy atom. The molecule has 2 aromatic carbocycles. The average molecular weight is 512 g/mol. The number of rotatable bonds is 7. The maximum Gasteiger partial charge on any atom is 0.334 e. The molecule has 2 saturated heterocycles. The van der Waals surface area contributed by atoms with E-state index in [1.54, 1.807) is 41.1 Å². The van der Waals surface area contributed by atoms with Gasteiger partial charge in [0.1, 0.15) is 23.8 Å². The first-order valence-electron chi connectivity index (χ1n) is 12.4. The maximum absolute atomic E-state index is 13.5. The molecule has 2 aromatic rings. The van der Waals surface area contributed by atoms with Crippen LogP contribution in [0.5, 0.6) is 5.75 Å². The van der Waals surface area contributed by atoms with E-state index in [0.29, 0.717) is 19.5 Å². The summed E-state index contributed by atoms with van der Waals surface area (Å²) in [5.74, 6) is -0.0392. The molecule has 2 heterocycles. The number of hydrazine groups is 1. The number of likely N-dealkylation sites (N-methyl/N-ethyl adjacent to an activating group) is 1. The highest BCUT2D eigenvalue weighted by molar-refractivity contribution is 5.91. The van der Waals surface area contributed by atoms with E-state index in [9.17, 15) is 18.8 Å². The number of hydrogen-bond donors (Lipinski definition) is 1. The molecular formula is C27H34FN5O4. The molecule has 2 aliphatic rings. The molecule has 0 spiro atoms. The van der Waals surface area contributed by atoms with Crippen molar-refractivity contribution in [1.82, 2.24) is 25.1 Å². The average Bonchev–Trinajstić information content (AvgIpc) is 2.87. The van der Waals surface area contributed by atoms with E-state index < -0.39 is 12.2 Å². The van der Waals surface area contributed by atoms with Crippen LogP contribution < -0.4 is 10.1 Å².